The van der Waals surface area contributed by atoms with Crippen LogP contribution in [0.4, 0.5) is 0 Å². The Balaban J connectivity index is 0.000000678. The minimum Gasteiger partial charge on any atom is -0.462 e. The molecule has 0 spiro atoms. The third kappa shape index (κ3) is 8.46. The molecule has 0 unspecified atom stereocenters. The number of carbonyl (C=O) groups is 3. The van der Waals surface area contributed by atoms with Crippen molar-refractivity contribution in [3.63, 3.8) is 0 Å². The second-order valence-corrected chi connectivity index (χ2v) is 11.5. The molecule has 36 heavy (non-hydrogen) atoms. The minimum absolute atomic E-state index is 0.0949. The molecule has 0 aromatic rings. The maximum atomic E-state index is 12.9. The first kappa shape index (κ1) is 30.1. The van der Waals surface area contributed by atoms with Crippen LogP contribution in [0.2, 0.25) is 0 Å². The molecular formula is C29H47NO6. The SMILES string of the molecule is CCC(C)(C)C(=O)O[C@@H]1C[C@H](C)C=C2C=C[C@@H](C)[C@@H](CC[C@@H]3C[C@H](O)CC(=O)O3)[C@@H]21.CCCC(N)=O. The Morgan fingerprint density at radius 2 is 1.89 bits per heavy atom. The molecule has 2 aliphatic carbocycles. The fraction of sp³-hybridized carbons (Fsp3) is 0.759. The molecule has 7 nitrogen and oxygen atoms in total. The molecule has 1 aliphatic heterocycles. The van der Waals surface area contributed by atoms with Crippen molar-refractivity contribution in [3.8, 4) is 0 Å². The number of fused-ring (bicyclic) bond motifs is 1. The van der Waals surface area contributed by atoms with Crippen LogP contribution in [-0.2, 0) is 23.9 Å². The van der Waals surface area contributed by atoms with Crippen LogP contribution in [0.15, 0.2) is 23.8 Å². The maximum absolute atomic E-state index is 12.9. The molecule has 0 saturated carbocycles. The highest BCUT2D eigenvalue weighted by molar-refractivity contribution is 5.76. The van der Waals surface area contributed by atoms with Crippen molar-refractivity contribution < 1.29 is 29.0 Å². The summed E-state index contributed by atoms with van der Waals surface area (Å²) in [4.78, 5) is 34.4. The van der Waals surface area contributed by atoms with Gasteiger partial charge in [0.15, 0.2) is 0 Å². The zero-order chi connectivity index (χ0) is 27.0. The van der Waals surface area contributed by atoms with Gasteiger partial charge in [-0.3, -0.25) is 14.4 Å². The Morgan fingerprint density at radius 1 is 1.19 bits per heavy atom. The molecule has 1 fully saturated rings. The number of hydrogen-bond acceptors (Lipinski definition) is 6. The first-order valence-corrected chi connectivity index (χ1v) is 13.6. The first-order chi connectivity index (χ1) is 16.9. The Hall–Kier alpha value is -2.15. The lowest BCUT2D eigenvalue weighted by Gasteiger charge is -2.44. The van der Waals surface area contributed by atoms with E-state index in [0.29, 0.717) is 30.6 Å². The van der Waals surface area contributed by atoms with Gasteiger partial charge in [0, 0.05) is 18.8 Å². The Morgan fingerprint density at radius 3 is 2.44 bits per heavy atom. The van der Waals surface area contributed by atoms with Crippen molar-refractivity contribution in [1.29, 1.82) is 0 Å². The van der Waals surface area contributed by atoms with Crippen molar-refractivity contribution >= 4 is 17.8 Å². The largest absolute Gasteiger partial charge is 0.462 e. The number of amides is 1. The molecule has 0 aromatic heterocycles. The monoisotopic (exact) mass is 505 g/mol. The van der Waals surface area contributed by atoms with Crippen molar-refractivity contribution in [2.24, 2.45) is 34.8 Å². The average Bonchev–Trinajstić information content (AvgIpc) is 2.78. The van der Waals surface area contributed by atoms with Crippen LogP contribution in [-0.4, -0.2) is 41.3 Å². The number of cyclic esters (lactones) is 1. The highest BCUT2D eigenvalue weighted by Crippen LogP contribution is 2.45. The summed E-state index contributed by atoms with van der Waals surface area (Å²) in [6.45, 7) is 12.2. The van der Waals surface area contributed by atoms with E-state index >= 15 is 0 Å². The van der Waals surface area contributed by atoms with E-state index in [-0.39, 0.29) is 42.4 Å². The summed E-state index contributed by atoms with van der Waals surface area (Å²) in [5.41, 5.74) is 5.55. The summed E-state index contributed by atoms with van der Waals surface area (Å²) in [5, 5.41) is 9.92. The van der Waals surface area contributed by atoms with Crippen LogP contribution < -0.4 is 5.73 Å². The molecule has 3 N–H and O–H groups in total. The highest BCUT2D eigenvalue weighted by atomic mass is 16.6. The third-order valence-corrected chi connectivity index (χ3v) is 7.84. The van der Waals surface area contributed by atoms with E-state index in [4.69, 9.17) is 15.2 Å². The number of primary amides is 1. The van der Waals surface area contributed by atoms with Crippen LogP contribution >= 0.6 is 0 Å². The topological polar surface area (TPSA) is 116 Å². The molecule has 1 amide bonds. The lowest BCUT2D eigenvalue weighted by molar-refractivity contribution is -0.166. The fourth-order valence-corrected chi connectivity index (χ4v) is 5.33. The van der Waals surface area contributed by atoms with Gasteiger partial charge in [-0.2, -0.15) is 0 Å². The second kappa shape index (κ2) is 13.4. The summed E-state index contributed by atoms with van der Waals surface area (Å²) in [6.07, 6.45) is 11.0. The predicted molar refractivity (Wildman–Crippen MR) is 140 cm³/mol. The number of aliphatic hydroxyl groups excluding tert-OH is 1. The summed E-state index contributed by atoms with van der Waals surface area (Å²) in [6, 6.07) is 0. The second-order valence-electron chi connectivity index (χ2n) is 11.5. The number of esters is 2. The third-order valence-electron chi connectivity index (χ3n) is 7.84. The fourth-order valence-electron chi connectivity index (χ4n) is 5.33. The lowest BCUT2D eigenvalue weighted by atomic mass is 9.65. The maximum Gasteiger partial charge on any atom is 0.311 e. The minimum atomic E-state index is -0.601. The van der Waals surface area contributed by atoms with Gasteiger partial charge in [0.05, 0.1) is 17.9 Å². The van der Waals surface area contributed by atoms with Gasteiger partial charge in [-0.1, -0.05) is 45.9 Å². The van der Waals surface area contributed by atoms with Gasteiger partial charge in [-0.25, -0.2) is 0 Å². The Bertz CT molecular complexity index is 832. The molecule has 7 atom stereocenters. The highest BCUT2D eigenvalue weighted by Gasteiger charge is 2.43. The van der Waals surface area contributed by atoms with Gasteiger partial charge in [0.2, 0.25) is 5.91 Å². The molecule has 0 aromatic carbocycles. The number of hydrogen-bond donors (Lipinski definition) is 2. The van der Waals surface area contributed by atoms with Crippen molar-refractivity contribution in [3.05, 3.63) is 23.8 Å². The van der Waals surface area contributed by atoms with E-state index in [2.05, 4.69) is 32.1 Å². The Labute approximate surface area is 216 Å². The zero-order valence-corrected chi connectivity index (χ0v) is 23.0. The molecule has 7 heteroatoms. The molecular weight excluding hydrogens is 458 g/mol. The summed E-state index contributed by atoms with van der Waals surface area (Å²) >= 11 is 0. The van der Waals surface area contributed by atoms with E-state index < -0.39 is 11.5 Å². The molecule has 0 bridgehead atoms. The molecule has 1 heterocycles. The zero-order valence-electron chi connectivity index (χ0n) is 23.0. The van der Waals surface area contributed by atoms with Crippen molar-refractivity contribution in [2.45, 2.75) is 111 Å². The summed E-state index contributed by atoms with van der Waals surface area (Å²) in [5.74, 6) is 0.565. The number of carbonyl (C=O) groups excluding carboxylic acids is 3. The van der Waals surface area contributed by atoms with E-state index in [1.807, 2.05) is 27.7 Å². The number of rotatable bonds is 8. The molecule has 0 radical (unpaired) electrons. The average molecular weight is 506 g/mol. The Kier molecular flexibility index (Phi) is 11.2. The molecule has 1 saturated heterocycles. The number of aliphatic hydroxyl groups is 1. The van der Waals surface area contributed by atoms with Gasteiger partial charge in [-0.05, 0) is 69.3 Å². The number of nitrogens with two attached hydrogens (primary N) is 1. The van der Waals surface area contributed by atoms with Crippen molar-refractivity contribution in [1.82, 2.24) is 0 Å². The molecule has 3 aliphatic rings. The van der Waals surface area contributed by atoms with Gasteiger partial charge in [-0.15, -0.1) is 0 Å². The van der Waals surface area contributed by atoms with Crippen LogP contribution in [0.25, 0.3) is 0 Å². The normalized spacial score (nSPS) is 31.8. The van der Waals surface area contributed by atoms with E-state index in [0.717, 1.165) is 32.1 Å². The van der Waals surface area contributed by atoms with Crippen LogP contribution in [0.3, 0.4) is 0 Å². The van der Waals surface area contributed by atoms with Crippen LogP contribution in [0, 0.1) is 29.1 Å². The van der Waals surface area contributed by atoms with Crippen LogP contribution in [0.1, 0.15) is 92.9 Å². The van der Waals surface area contributed by atoms with E-state index in [1.54, 1.807) is 0 Å². The summed E-state index contributed by atoms with van der Waals surface area (Å²) in [7, 11) is 0. The van der Waals surface area contributed by atoms with Gasteiger partial charge < -0.3 is 20.3 Å². The number of ether oxygens (including phenoxy) is 2. The van der Waals surface area contributed by atoms with Gasteiger partial charge in [0.25, 0.3) is 0 Å². The molecule has 204 valence electrons. The van der Waals surface area contributed by atoms with Gasteiger partial charge in [0.1, 0.15) is 12.2 Å². The van der Waals surface area contributed by atoms with Crippen molar-refractivity contribution in [2.75, 3.05) is 0 Å². The number of allylic oxidation sites excluding steroid dienone is 3. The van der Waals surface area contributed by atoms with E-state index in [9.17, 15) is 19.5 Å². The van der Waals surface area contributed by atoms with E-state index in [1.165, 1.54) is 5.57 Å². The molecule has 3 rings (SSSR count). The standard InChI is InChI=1S/C25H38O5.C4H9NO/c1-6-25(4,5)24(28)30-21-12-15(2)11-17-8-7-16(3)20(23(17)21)10-9-19-13-18(26)14-22(27)29-19;1-2-3-4(5)6/h7-8,11,15-16,18-21,23,26H,6,9-10,12-14H2,1-5H3;2-3H2,1H3,(H2,5,6)/t15-,16-,18+,19-,20-,21-,23-;/m1./s1. The summed E-state index contributed by atoms with van der Waals surface area (Å²) < 4.78 is 11.6. The lowest BCUT2D eigenvalue weighted by Crippen LogP contribution is -2.43. The van der Waals surface area contributed by atoms with Crippen LogP contribution in [0.5, 0.6) is 0 Å². The predicted octanol–water partition coefficient (Wildman–Crippen LogP) is 4.86. The quantitative estimate of drug-likeness (QED) is 0.455. The smallest absolute Gasteiger partial charge is 0.311 e. The van der Waals surface area contributed by atoms with Gasteiger partial charge >= 0.3 is 11.9 Å². The first-order valence-electron chi connectivity index (χ1n) is 13.6.